The molecular weight excluding hydrogens is 282 g/mol. The van der Waals surface area contributed by atoms with Crippen molar-refractivity contribution in [2.75, 3.05) is 19.7 Å². The monoisotopic (exact) mass is 303 g/mol. The zero-order valence-corrected chi connectivity index (χ0v) is 13.1. The standard InChI is InChI=1S/C16H21N3O3/c1-4-18(9-10-20)16(22)14-12-7-5-6-8-13(12)15(21)19(17-14)11(2)3/h5-8,11,20H,4,9-10H2,1-3H3. The van der Waals surface area contributed by atoms with Crippen LogP contribution in [0.1, 0.15) is 37.3 Å². The van der Waals surface area contributed by atoms with Crippen LogP contribution in [-0.4, -0.2) is 45.4 Å². The van der Waals surface area contributed by atoms with Crippen LogP contribution in [0.5, 0.6) is 0 Å². The number of rotatable bonds is 5. The van der Waals surface area contributed by atoms with Gasteiger partial charge in [0.1, 0.15) is 0 Å². The molecule has 0 spiro atoms. The van der Waals surface area contributed by atoms with Gasteiger partial charge in [0.25, 0.3) is 11.5 Å². The minimum Gasteiger partial charge on any atom is -0.395 e. The molecule has 1 amide bonds. The van der Waals surface area contributed by atoms with E-state index in [1.807, 2.05) is 20.8 Å². The molecule has 1 N–H and O–H groups in total. The minimum absolute atomic E-state index is 0.110. The number of amides is 1. The zero-order chi connectivity index (χ0) is 16.3. The summed E-state index contributed by atoms with van der Waals surface area (Å²) in [5.74, 6) is -0.276. The second kappa shape index (κ2) is 6.70. The lowest BCUT2D eigenvalue weighted by atomic mass is 10.1. The molecule has 0 saturated heterocycles. The number of benzene rings is 1. The first-order valence-corrected chi connectivity index (χ1v) is 7.43. The van der Waals surface area contributed by atoms with Crippen LogP contribution in [0.2, 0.25) is 0 Å². The first kappa shape index (κ1) is 16.2. The summed E-state index contributed by atoms with van der Waals surface area (Å²) in [4.78, 5) is 26.7. The Morgan fingerprint density at radius 3 is 2.50 bits per heavy atom. The number of aliphatic hydroxyl groups excluding tert-OH is 1. The van der Waals surface area contributed by atoms with Crippen molar-refractivity contribution in [2.24, 2.45) is 0 Å². The van der Waals surface area contributed by atoms with Gasteiger partial charge in [0.15, 0.2) is 5.69 Å². The molecule has 1 aromatic carbocycles. The van der Waals surface area contributed by atoms with Crippen molar-refractivity contribution < 1.29 is 9.90 Å². The molecule has 1 aromatic heterocycles. The smallest absolute Gasteiger partial charge is 0.275 e. The summed E-state index contributed by atoms with van der Waals surface area (Å²) in [5, 5.41) is 14.4. The molecule has 0 aliphatic carbocycles. The Hall–Kier alpha value is -2.21. The molecule has 0 aliphatic rings. The van der Waals surface area contributed by atoms with E-state index in [9.17, 15) is 9.59 Å². The van der Waals surface area contributed by atoms with Crippen molar-refractivity contribution in [1.82, 2.24) is 14.7 Å². The van der Waals surface area contributed by atoms with E-state index in [-0.39, 0.29) is 36.4 Å². The van der Waals surface area contributed by atoms with Crippen LogP contribution in [0, 0.1) is 0 Å². The van der Waals surface area contributed by atoms with Crippen molar-refractivity contribution in [3.8, 4) is 0 Å². The lowest BCUT2D eigenvalue weighted by Crippen LogP contribution is -2.36. The third-order valence-electron chi connectivity index (χ3n) is 3.56. The number of nitrogens with zero attached hydrogens (tertiary/aromatic N) is 3. The number of carbonyl (C=O) groups excluding carboxylic acids is 1. The van der Waals surface area contributed by atoms with E-state index >= 15 is 0 Å². The van der Waals surface area contributed by atoms with Gasteiger partial charge in [-0.05, 0) is 26.8 Å². The number of carbonyl (C=O) groups is 1. The fraction of sp³-hybridized carbons (Fsp3) is 0.438. The summed E-state index contributed by atoms with van der Waals surface area (Å²) in [5.41, 5.74) is 0.0477. The summed E-state index contributed by atoms with van der Waals surface area (Å²) in [7, 11) is 0. The van der Waals surface area contributed by atoms with Gasteiger partial charge in [-0.1, -0.05) is 18.2 Å². The van der Waals surface area contributed by atoms with Gasteiger partial charge >= 0.3 is 0 Å². The predicted molar refractivity (Wildman–Crippen MR) is 85.1 cm³/mol. The highest BCUT2D eigenvalue weighted by Gasteiger charge is 2.21. The van der Waals surface area contributed by atoms with Crippen molar-refractivity contribution in [3.05, 3.63) is 40.3 Å². The molecule has 118 valence electrons. The van der Waals surface area contributed by atoms with Crippen LogP contribution < -0.4 is 5.56 Å². The highest BCUT2D eigenvalue weighted by Crippen LogP contribution is 2.16. The third-order valence-corrected chi connectivity index (χ3v) is 3.56. The van der Waals surface area contributed by atoms with Crippen molar-refractivity contribution in [2.45, 2.75) is 26.8 Å². The summed E-state index contributed by atoms with van der Waals surface area (Å²) in [6, 6.07) is 6.85. The Balaban J connectivity index is 2.69. The van der Waals surface area contributed by atoms with Crippen LogP contribution in [0.15, 0.2) is 29.1 Å². The van der Waals surface area contributed by atoms with E-state index in [1.54, 1.807) is 24.3 Å². The Bertz CT molecular complexity index is 737. The van der Waals surface area contributed by atoms with Gasteiger partial charge in [0.05, 0.1) is 18.0 Å². The lowest BCUT2D eigenvalue weighted by molar-refractivity contribution is 0.0725. The number of aliphatic hydroxyl groups is 1. The van der Waals surface area contributed by atoms with Gasteiger partial charge in [-0.25, -0.2) is 4.68 Å². The summed E-state index contributed by atoms with van der Waals surface area (Å²) >= 11 is 0. The maximum absolute atomic E-state index is 12.7. The number of hydrogen-bond acceptors (Lipinski definition) is 4. The molecule has 0 bridgehead atoms. The first-order valence-electron chi connectivity index (χ1n) is 7.43. The molecule has 0 unspecified atom stereocenters. The second-order valence-corrected chi connectivity index (χ2v) is 5.35. The fourth-order valence-corrected chi connectivity index (χ4v) is 2.39. The van der Waals surface area contributed by atoms with Crippen LogP contribution in [0.3, 0.4) is 0 Å². The molecule has 0 aliphatic heterocycles. The molecule has 0 atom stereocenters. The van der Waals surface area contributed by atoms with Gasteiger partial charge in [-0.15, -0.1) is 0 Å². The molecule has 0 saturated carbocycles. The number of aromatic nitrogens is 2. The first-order chi connectivity index (χ1) is 10.5. The molecule has 22 heavy (non-hydrogen) atoms. The highest BCUT2D eigenvalue weighted by atomic mass is 16.3. The van der Waals surface area contributed by atoms with E-state index in [1.165, 1.54) is 9.58 Å². The fourth-order valence-electron chi connectivity index (χ4n) is 2.39. The Kier molecular flexibility index (Phi) is 4.92. The van der Waals surface area contributed by atoms with E-state index in [0.29, 0.717) is 17.3 Å². The van der Waals surface area contributed by atoms with E-state index in [4.69, 9.17) is 5.11 Å². The summed E-state index contributed by atoms with van der Waals surface area (Å²) in [6.07, 6.45) is 0. The van der Waals surface area contributed by atoms with Gasteiger partial charge < -0.3 is 10.0 Å². The quantitative estimate of drug-likeness (QED) is 0.906. The topological polar surface area (TPSA) is 75.4 Å². The number of fused-ring (bicyclic) bond motifs is 1. The molecule has 6 heteroatoms. The van der Waals surface area contributed by atoms with Crippen molar-refractivity contribution >= 4 is 16.7 Å². The Morgan fingerprint density at radius 2 is 1.95 bits per heavy atom. The third kappa shape index (κ3) is 2.87. The van der Waals surface area contributed by atoms with Crippen molar-refractivity contribution in [1.29, 1.82) is 0 Å². The van der Waals surface area contributed by atoms with E-state index < -0.39 is 0 Å². The van der Waals surface area contributed by atoms with Crippen LogP contribution in [0.25, 0.3) is 10.8 Å². The van der Waals surface area contributed by atoms with Gasteiger partial charge in [-0.2, -0.15) is 5.10 Å². The normalized spacial score (nSPS) is 11.1. The summed E-state index contributed by atoms with van der Waals surface area (Å²) < 4.78 is 1.34. The second-order valence-electron chi connectivity index (χ2n) is 5.35. The molecular formula is C16H21N3O3. The maximum atomic E-state index is 12.7. The molecule has 0 fully saturated rings. The minimum atomic E-state index is -0.276. The predicted octanol–water partition coefficient (Wildman–Crippen LogP) is 1.43. The van der Waals surface area contributed by atoms with Crippen LogP contribution in [0.4, 0.5) is 0 Å². The average molecular weight is 303 g/mol. The van der Waals surface area contributed by atoms with E-state index in [2.05, 4.69) is 5.10 Å². The SMILES string of the molecule is CCN(CCO)C(=O)c1nn(C(C)C)c(=O)c2ccccc12. The molecule has 2 aromatic rings. The van der Waals surface area contributed by atoms with Crippen LogP contribution >= 0.6 is 0 Å². The average Bonchev–Trinajstić information content (AvgIpc) is 2.52. The molecule has 6 nitrogen and oxygen atoms in total. The zero-order valence-electron chi connectivity index (χ0n) is 13.1. The van der Waals surface area contributed by atoms with E-state index in [0.717, 1.165) is 0 Å². The van der Waals surface area contributed by atoms with Gasteiger partial charge in [0, 0.05) is 18.5 Å². The number of hydrogen-bond donors (Lipinski definition) is 1. The van der Waals surface area contributed by atoms with Gasteiger partial charge in [0.2, 0.25) is 0 Å². The highest BCUT2D eigenvalue weighted by molar-refractivity contribution is 6.04. The largest absolute Gasteiger partial charge is 0.395 e. The molecule has 2 rings (SSSR count). The maximum Gasteiger partial charge on any atom is 0.275 e. The molecule has 1 heterocycles. The van der Waals surface area contributed by atoms with Crippen molar-refractivity contribution in [3.63, 3.8) is 0 Å². The lowest BCUT2D eigenvalue weighted by Gasteiger charge is -2.21. The molecule has 0 radical (unpaired) electrons. The Labute approximate surface area is 129 Å². The van der Waals surface area contributed by atoms with Gasteiger partial charge in [-0.3, -0.25) is 9.59 Å². The van der Waals surface area contributed by atoms with Crippen LogP contribution in [-0.2, 0) is 0 Å². The summed E-state index contributed by atoms with van der Waals surface area (Å²) in [6.45, 7) is 6.14. The Morgan fingerprint density at radius 1 is 1.32 bits per heavy atom. The number of likely N-dealkylation sites (N-methyl/N-ethyl adjacent to an activating group) is 1.